The van der Waals surface area contributed by atoms with Crippen molar-refractivity contribution in [3.8, 4) is 17.7 Å². The summed E-state index contributed by atoms with van der Waals surface area (Å²) in [6.45, 7) is 0. The molecule has 20 heavy (non-hydrogen) atoms. The van der Waals surface area contributed by atoms with E-state index in [0.717, 1.165) is 0 Å². The number of hydrogen-bond donors (Lipinski definition) is 1. The molecule has 1 N–H and O–H groups in total. The summed E-state index contributed by atoms with van der Waals surface area (Å²) >= 11 is 5.97. The van der Waals surface area contributed by atoms with Crippen molar-refractivity contribution in [2.75, 3.05) is 0 Å². The molecule has 0 aliphatic rings. The van der Waals surface area contributed by atoms with Crippen molar-refractivity contribution in [1.82, 2.24) is 4.98 Å². The van der Waals surface area contributed by atoms with E-state index >= 15 is 0 Å². The Kier molecular flexibility index (Phi) is 4.18. The highest BCUT2D eigenvalue weighted by atomic mass is 35.5. The average Bonchev–Trinajstić information content (AvgIpc) is 2.43. The van der Waals surface area contributed by atoms with Crippen LogP contribution in [-0.4, -0.2) is 16.1 Å². The Morgan fingerprint density at radius 1 is 1.35 bits per heavy atom. The molecule has 0 spiro atoms. The number of halogens is 1. The molecule has 0 aliphatic heterocycles. The summed E-state index contributed by atoms with van der Waals surface area (Å²) < 4.78 is 5.47. The van der Waals surface area contributed by atoms with Gasteiger partial charge < -0.3 is 9.84 Å². The van der Waals surface area contributed by atoms with Gasteiger partial charge in [-0.05, 0) is 23.8 Å². The van der Waals surface area contributed by atoms with Crippen LogP contribution in [0.1, 0.15) is 11.1 Å². The van der Waals surface area contributed by atoms with Crippen LogP contribution in [0.2, 0.25) is 5.02 Å². The van der Waals surface area contributed by atoms with E-state index in [1.807, 2.05) is 6.07 Å². The van der Waals surface area contributed by atoms with Gasteiger partial charge in [-0.25, -0.2) is 4.98 Å². The largest absolute Gasteiger partial charge is 0.481 e. The van der Waals surface area contributed by atoms with Crippen LogP contribution < -0.4 is 4.74 Å². The van der Waals surface area contributed by atoms with Gasteiger partial charge in [-0.3, -0.25) is 4.79 Å². The van der Waals surface area contributed by atoms with Gasteiger partial charge in [0.15, 0.2) is 0 Å². The van der Waals surface area contributed by atoms with Crippen LogP contribution in [0, 0.1) is 11.3 Å². The van der Waals surface area contributed by atoms with Crippen LogP contribution in [0.4, 0.5) is 0 Å². The number of carbonyl (C=O) groups is 1. The van der Waals surface area contributed by atoms with Crippen molar-refractivity contribution in [3.63, 3.8) is 0 Å². The zero-order valence-electron chi connectivity index (χ0n) is 10.2. The van der Waals surface area contributed by atoms with E-state index in [-0.39, 0.29) is 22.9 Å². The quantitative estimate of drug-likeness (QED) is 0.935. The fraction of sp³-hybridized carbons (Fsp3) is 0.0714. The molecule has 1 heterocycles. The minimum absolute atomic E-state index is 0.0524. The van der Waals surface area contributed by atoms with Gasteiger partial charge in [0.2, 0.25) is 5.88 Å². The Morgan fingerprint density at radius 3 is 2.65 bits per heavy atom. The van der Waals surface area contributed by atoms with Gasteiger partial charge in [-0.15, -0.1) is 0 Å². The lowest BCUT2D eigenvalue weighted by molar-refractivity contribution is -0.136. The van der Waals surface area contributed by atoms with Crippen molar-refractivity contribution in [2.45, 2.75) is 6.42 Å². The van der Waals surface area contributed by atoms with Crippen LogP contribution in [0.25, 0.3) is 0 Å². The first kappa shape index (κ1) is 13.8. The Labute approximate surface area is 120 Å². The second-order valence-corrected chi connectivity index (χ2v) is 4.28. The smallest absolute Gasteiger partial charge is 0.307 e. The van der Waals surface area contributed by atoms with Gasteiger partial charge in [-0.1, -0.05) is 23.7 Å². The van der Waals surface area contributed by atoms with Crippen molar-refractivity contribution in [2.24, 2.45) is 0 Å². The van der Waals surface area contributed by atoms with E-state index in [9.17, 15) is 4.79 Å². The number of aromatic nitrogens is 1. The maximum atomic E-state index is 10.6. The third-order valence-electron chi connectivity index (χ3n) is 2.47. The molecule has 1 aromatic carbocycles. The molecular formula is C14H9ClN2O3. The molecule has 1 aromatic heterocycles. The molecule has 0 saturated carbocycles. The predicted molar refractivity (Wildman–Crippen MR) is 71.8 cm³/mol. The molecule has 0 radical (unpaired) electrons. The lowest BCUT2D eigenvalue weighted by Crippen LogP contribution is -1.99. The summed E-state index contributed by atoms with van der Waals surface area (Å²) in [5, 5.41) is 17.7. The summed E-state index contributed by atoms with van der Waals surface area (Å²) in [5.41, 5.74) is 0.939. The number of nitrogens with zero attached hydrogens (tertiary/aromatic N) is 2. The predicted octanol–water partition coefficient (Wildman–Crippen LogP) is 3.03. The zero-order valence-corrected chi connectivity index (χ0v) is 11.0. The summed E-state index contributed by atoms with van der Waals surface area (Å²) in [6, 6.07) is 9.96. The highest BCUT2D eigenvalue weighted by Crippen LogP contribution is 2.29. The molecule has 2 rings (SSSR count). The van der Waals surface area contributed by atoms with Gasteiger partial charge >= 0.3 is 5.97 Å². The van der Waals surface area contributed by atoms with Crippen LogP contribution in [0.15, 0.2) is 36.5 Å². The Bertz CT molecular complexity index is 678. The Hall–Kier alpha value is -2.58. The van der Waals surface area contributed by atoms with E-state index in [2.05, 4.69) is 4.98 Å². The number of hydrogen-bond acceptors (Lipinski definition) is 4. The lowest BCUT2D eigenvalue weighted by atomic mass is 10.1. The SMILES string of the molecule is N#Cc1ccnc(Oc2ccc(CC(=O)O)cc2)c1Cl. The third kappa shape index (κ3) is 3.25. The minimum atomic E-state index is -0.898. The first-order valence-electron chi connectivity index (χ1n) is 5.63. The molecule has 0 amide bonds. The molecule has 5 nitrogen and oxygen atoms in total. The van der Waals surface area contributed by atoms with Gasteiger partial charge in [0, 0.05) is 6.20 Å². The molecule has 0 atom stereocenters. The Balaban J connectivity index is 2.19. The van der Waals surface area contributed by atoms with Crippen molar-refractivity contribution in [3.05, 3.63) is 52.7 Å². The number of nitriles is 1. The number of benzene rings is 1. The molecule has 0 saturated heterocycles. The van der Waals surface area contributed by atoms with Crippen LogP contribution >= 0.6 is 11.6 Å². The number of pyridine rings is 1. The fourth-order valence-corrected chi connectivity index (χ4v) is 1.74. The minimum Gasteiger partial charge on any atom is -0.481 e. The van der Waals surface area contributed by atoms with Crippen LogP contribution in [-0.2, 0) is 11.2 Å². The van der Waals surface area contributed by atoms with E-state index in [4.69, 9.17) is 26.7 Å². The standard InChI is InChI=1S/C14H9ClN2O3/c15-13-10(8-16)5-6-17-14(13)20-11-3-1-9(2-4-11)7-12(18)19/h1-6H,7H2,(H,18,19). The fourth-order valence-electron chi connectivity index (χ4n) is 1.54. The number of rotatable bonds is 4. The van der Waals surface area contributed by atoms with Gasteiger partial charge in [-0.2, -0.15) is 5.26 Å². The van der Waals surface area contributed by atoms with Gasteiger partial charge in [0.1, 0.15) is 16.8 Å². The zero-order chi connectivity index (χ0) is 14.5. The van der Waals surface area contributed by atoms with E-state index in [0.29, 0.717) is 11.3 Å². The number of carboxylic acids is 1. The molecule has 0 aliphatic carbocycles. The number of carboxylic acid groups (broad SMARTS) is 1. The topological polar surface area (TPSA) is 83.2 Å². The van der Waals surface area contributed by atoms with Crippen LogP contribution in [0.5, 0.6) is 11.6 Å². The van der Waals surface area contributed by atoms with Crippen molar-refractivity contribution < 1.29 is 14.6 Å². The summed E-state index contributed by atoms with van der Waals surface area (Å²) in [5.74, 6) is -0.301. The number of ether oxygens (including phenoxy) is 1. The highest BCUT2D eigenvalue weighted by Gasteiger charge is 2.09. The lowest BCUT2D eigenvalue weighted by Gasteiger charge is -2.07. The summed E-state index contributed by atoms with van der Waals surface area (Å²) in [6.07, 6.45) is 1.38. The molecule has 0 fully saturated rings. The summed E-state index contributed by atoms with van der Waals surface area (Å²) in [7, 11) is 0. The van der Waals surface area contributed by atoms with Crippen molar-refractivity contribution in [1.29, 1.82) is 5.26 Å². The summed E-state index contributed by atoms with van der Waals surface area (Å²) in [4.78, 5) is 14.5. The van der Waals surface area contributed by atoms with Crippen LogP contribution in [0.3, 0.4) is 0 Å². The third-order valence-corrected chi connectivity index (χ3v) is 2.84. The maximum absolute atomic E-state index is 10.6. The second kappa shape index (κ2) is 6.04. The van der Waals surface area contributed by atoms with E-state index < -0.39 is 5.97 Å². The molecule has 0 unspecified atom stereocenters. The number of aliphatic carboxylic acids is 1. The first-order chi connectivity index (χ1) is 9.60. The van der Waals surface area contributed by atoms with Crippen molar-refractivity contribution >= 4 is 17.6 Å². The van der Waals surface area contributed by atoms with E-state index in [1.54, 1.807) is 24.3 Å². The normalized spacial score (nSPS) is 9.80. The molecule has 6 heteroatoms. The first-order valence-corrected chi connectivity index (χ1v) is 6.01. The van der Waals surface area contributed by atoms with Gasteiger partial charge in [0.05, 0.1) is 12.0 Å². The van der Waals surface area contributed by atoms with Gasteiger partial charge in [0.25, 0.3) is 0 Å². The molecule has 2 aromatic rings. The molecule has 0 bridgehead atoms. The average molecular weight is 289 g/mol. The monoisotopic (exact) mass is 288 g/mol. The second-order valence-electron chi connectivity index (χ2n) is 3.91. The van der Waals surface area contributed by atoms with E-state index in [1.165, 1.54) is 12.3 Å². The molecule has 100 valence electrons. The Morgan fingerprint density at radius 2 is 2.05 bits per heavy atom. The maximum Gasteiger partial charge on any atom is 0.307 e. The molecular weight excluding hydrogens is 280 g/mol. The highest BCUT2D eigenvalue weighted by molar-refractivity contribution is 6.33.